The second-order valence-electron chi connectivity index (χ2n) is 3.10. The first-order valence-electron chi connectivity index (χ1n) is 4.56. The Kier molecular flexibility index (Phi) is 3.32. The second-order valence-corrected chi connectivity index (χ2v) is 3.49. The molecular weight excluding hydrogens is 275 g/mol. The Hall–Kier alpha value is -1.90. The van der Waals surface area contributed by atoms with E-state index in [0.29, 0.717) is 0 Å². The van der Waals surface area contributed by atoms with Gasteiger partial charge in [0.2, 0.25) is 12.2 Å². The molecule has 0 spiro atoms. The highest BCUT2D eigenvalue weighted by atomic mass is 35.5. The Morgan fingerprint density at radius 3 is 2.72 bits per heavy atom. The summed E-state index contributed by atoms with van der Waals surface area (Å²) in [4.78, 5) is 10.1. The smallest absolute Gasteiger partial charge is 0.362 e. The topological polar surface area (TPSA) is 76.7 Å². The lowest BCUT2D eigenvalue weighted by Crippen LogP contribution is -2.13. The summed E-state index contributed by atoms with van der Waals surface area (Å²) < 4.78 is 41.7. The predicted octanol–water partition coefficient (Wildman–Crippen LogP) is 2.14. The van der Waals surface area contributed by atoms with Crippen molar-refractivity contribution in [3.63, 3.8) is 0 Å². The maximum absolute atomic E-state index is 12.4. The van der Waals surface area contributed by atoms with Crippen molar-refractivity contribution in [3.8, 4) is 0 Å². The number of aromatic nitrogens is 4. The van der Waals surface area contributed by atoms with Gasteiger partial charge in [-0.15, -0.1) is 0 Å². The zero-order valence-electron chi connectivity index (χ0n) is 8.57. The first-order chi connectivity index (χ1) is 8.45. The van der Waals surface area contributed by atoms with Crippen molar-refractivity contribution in [2.24, 2.45) is 0 Å². The number of nitrogens with one attached hydrogen (secondary N) is 1. The molecule has 0 fully saturated rings. The Balaban J connectivity index is 2.15. The summed E-state index contributed by atoms with van der Waals surface area (Å²) in [5.41, 5.74) is 0. The molecule has 0 aliphatic rings. The molecule has 18 heavy (non-hydrogen) atoms. The maximum Gasteiger partial charge on any atom is 0.451 e. The molecule has 96 valence electrons. The fourth-order valence-corrected chi connectivity index (χ4v) is 1.26. The van der Waals surface area contributed by atoms with Crippen molar-refractivity contribution in [1.82, 2.24) is 20.1 Å². The van der Waals surface area contributed by atoms with Crippen LogP contribution in [0, 0.1) is 0 Å². The van der Waals surface area contributed by atoms with Crippen LogP contribution >= 0.6 is 11.6 Å². The zero-order chi connectivity index (χ0) is 13.2. The van der Waals surface area contributed by atoms with Crippen molar-refractivity contribution < 1.29 is 17.7 Å². The first-order valence-corrected chi connectivity index (χ1v) is 4.94. The fraction of sp³-hybridized carbons (Fsp3) is 0.250. The third-order valence-corrected chi connectivity index (χ3v) is 1.98. The van der Waals surface area contributed by atoms with Crippen molar-refractivity contribution in [3.05, 3.63) is 29.3 Å². The number of hydrogen-bond donors (Lipinski definition) is 1. The van der Waals surface area contributed by atoms with Crippen LogP contribution in [0.25, 0.3) is 0 Å². The van der Waals surface area contributed by atoms with Crippen LogP contribution < -0.4 is 5.32 Å². The Morgan fingerprint density at radius 1 is 1.33 bits per heavy atom. The highest BCUT2D eigenvalue weighted by Crippen LogP contribution is 2.28. The number of hydrogen-bond acceptors (Lipinski definition) is 6. The summed E-state index contributed by atoms with van der Waals surface area (Å²) in [6.45, 7) is 0.0567. The van der Waals surface area contributed by atoms with E-state index < -0.39 is 12.0 Å². The normalized spacial score (nSPS) is 11.6. The molecule has 10 heteroatoms. The first kappa shape index (κ1) is 12.6. The number of anilines is 1. The predicted molar refractivity (Wildman–Crippen MR) is 53.7 cm³/mol. The number of rotatable bonds is 3. The lowest BCUT2D eigenvalue weighted by atomic mass is 10.5. The monoisotopic (exact) mass is 279 g/mol. The van der Waals surface area contributed by atoms with E-state index in [2.05, 4.69) is 29.9 Å². The molecule has 6 nitrogen and oxygen atoms in total. The Bertz CT molecular complexity index is 530. The lowest BCUT2D eigenvalue weighted by Gasteiger charge is -2.08. The van der Waals surface area contributed by atoms with Crippen molar-refractivity contribution in [1.29, 1.82) is 0 Å². The highest BCUT2D eigenvalue weighted by molar-refractivity contribution is 6.29. The minimum Gasteiger partial charge on any atom is -0.362 e. The van der Waals surface area contributed by atoms with E-state index in [1.165, 1.54) is 0 Å². The molecule has 0 saturated carbocycles. The molecule has 0 saturated heterocycles. The molecule has 0 radical (unpaired) electrons. The van der Waals surface area contributed by atoms with Crippen LogP contribution in [-0.4, -0.2) is 20.1 Å². The average Bonchev–Trinajstić information content (AvgIpc) is 2.77. The van der Waals surface area contributed by atoms with Crippen molar-refractivity contribution in [2.75, 3.05) is 5.32 Å². The van der Waals surface area contributed by atoms with Gasteiger partial charge < -0.3 is 9.84 Å². The van der Waals surface area contributed by atoms with Gasteiger partial charge in [0.15, 0.2) is 5.82 Å². The highest BCUT2D eigenvalue weighted by Gasteiger charge is 2.35. The zero-order valence-corrected chi connectivity index (χ0v) is 9.33. The van der Waals surface area contributed by atoms with Gasteiger partial charge in [-0.2, -0.15) is 18.2 Å². The Labute approximate surface area is 103 Å². The molecule has 0 bridgehead atoms. The van der Waals surface area contributed by atoms with Gasteiger partial charge in [0.25, 0.3) is 0 Å². The van der Waals surface area contributed by atoms with E-state index >= 15 is 0 Å². The minimum atomic E-state index is -4.66. The molecule has 0 amide bonds. The van der Waals surface area contributed by atoms with E-state index in [1.807, 2.05) is 0 Å². The van der Waals surface area contributed by atoms with Crippen LogP contribution in [0.2, 0.25) is 5.15 Å². The molecular formula is C8H5ClF3N5O. The van der Waals surface area contributed by atoms with Gasteiger partial charge >= 0.3 is 6.18 Å². The standard InChI is InChI=1S/C8H5ClF3N5O/c9-4-1-5(13-2-6-14-3-18-17-6)16-7(15-4)8(10,11)12/h1,3H,2H2,(H,13,15,16). The fourth-order valence-electron chi connectivity index (χ4n) is 1.07. The summed E-state index contributed by atoms with van der Waals surface area (Å²) in [5, 5.41) is 5.75. The minimum absolute atomic E-state index is 0.0567. The van der Waals surface area contributed by atoms with Gasteiger partial charge in [0.05, 0.1) is 6.54 Å². The van der Waals surface area contributed by atoms with Crippen molar-refractivity contribution in [2.45, 2.75) is 12.7 Å². The molecule has 0 aliphatic carbocycles. The van der Waals surface area contributed by atoms with Gasteiger partial charge in [-0.1, -0.05) is 16.8 Å². The van der Waals surface area contributed by atoms with Crippen LogP contribution in [0.4, 0.5) is 19.0 Å². The van der Waals surface area contributed by atoms with E-state index in [-0.39, 0.29) is 23.3 Å². The summed E-state index contributed by atoms with van der Waals surface area (Å²) in [5.74, 6) is -1.11. The quantitative estimate of drug-likeness (QED) is 0.868. The SMILES string of the molecule is FC(F)(F)c1nc(Cl)cc(NCc2ncon2)n1. The van der Waals surface area contributed by atoms with E-state index in [9.17, 15) is 13.2 Å². The molecule has 0 atom stereocenters. The third kappa shape index (κ3) is 3.06. The lowest BCUT2D eigenvalue weighted by molar-refractivity contribution is -0.144. The molecule has 0 aliphatic heterocycles. The second kappa shape index (κ2) is 4.77. The number of alkyl halides is 3. The molecule has 1 N–H and O–H groups in total. The number of nitrogens with zero attached hydrogens (tertiary/aromatic N) is 4. The van der Waals surface area contributed by atoms with Crippen LogP contribution in [-0.2, 0) is 12.7 Å². The number of halogens is 4. The molecule has 2 rings (SSSR count). The maximum atomic E-state index is 12.4. The van der Waals surface area contributed by atoms with Crippen molar-refractivity contribution >= 4 is 17.4 Å². The van der Waals surface area contributed by atoms with E-state index in [0.717, 1.165) is 12.5 Å². The Morgan fingerprint density at radius 2 is 2.11 bits per heavy atom. The largest absolute Gasteiger partial charge is 0.451 e. The molecule has 2 aromatic rings. The van der Waals surface area contributed by atoms with Crippen LogP contribution in [0.3, 0.4) is 0 Å². The summed E-state index contributed by atoms with van der Waals surface area (Å²) in [6.07, 6.45) is -3.56. The van der Waals surface area contributed by atoms with Gasteiger partial charge in [-0.25, -0.2) is 9.97 Å². The van der Waals surface area contributed by atoms with Crippen LogP contribution in [0.5, 0.6) is 0 Å². The van der Waals surface area contributed by atoms with Gasteiger partial charge in [0, 0.05) is 6.07 Å². The molecule has 2 heterocycles. The van der Waals surface area contributed by atoms with Gasteiger partial charge in [-0.3, -0.25) is 0 Å². The van der Waals surface area contributed by atoms with E-state index in [4.69, 9.17) is 11.6 Å². The van der Waals surface area contributed by atoms with Crippen LogP contribution in [0.15, 0.2) is 17.0 Å². The van der Waals surface area contributed by atoms with E-state index in [1.54, 1.807) is 0 Å². The van der Waals surface area contributed by atoms with Gasteiger partial charge in [0.1, 0.15) is 11.0 Å². The summed E-state index contributed by atoms with van der Waals surface area (Å²) in [7, 11) is 0. The van der Waals surface area contributed by atoms with Gasteiger partial charge in [-0.05, 0) is 0 Å². The molecule has 0 aromatic carbocycles. The molecule has 2 aromatic heterocycles. The third-order valence-electron chi connectivity index (χ3n) is 1.78. The summed E-state index contributed by atoms with van der Waals surface area (Å²) >= 11 is 5.48. The average molecular weight is 280 g/mol. The summed E-state index contributed by atoms with van der Waals surface area (Å²) in [6, 6.07) is 1.16. The molecule has 0 unspecified atom stereocenters. The van der Waals surface area contributed by atoms with Crippen LogP contribution in [0.1, 0.15) is 11.6 Å².